The second-order valence-electron chi connectivity index (χ2n) is 9.32. The summed E-state index contributed by atoms with van der Waals surface area (Å²) in [5.74, 6) is 0.866. The Morgan fingerprint density at radius 3 is 1.90 bits per heavy atom. The Morgan fingerprint density at radius 2 is 1.19 bits per heavy atom. The summed E-state index contributed by atoms with van der Waals surface area (Å²) in [5, 5.41) is 0. The minimum absolute atomic E-state index is 0.866. The Bertz CT molecular complexity index is 1040. The molecule has 0 aliphatic heterocycles. The van der Waals surface area contributed by atoms with Crippen LogP contribution in [-0.4, -0.2) is 0 Å². The highest BCUT2D eigenvalue weighted by Gasteiger charge is 2.20. The molecule has 3 aromatic rings. The van der Waals surface area contributed by atoms with Crippen LogP contribution >= 0.6 is 0 Å². The predicted octanol–water partition coefficient (Wildman–Crippen LogP) is 8.13. The van der Waals surface area contributed by atoms with Crippen LogP contribution in [0.15, 0.2) is 102 Å². The van der Waals surface area contributed by atoms with Crippen molar-refractivity contribution in [3.05, 3.63) is 119 Å². The molecule has 0 atom stereocenters. The average molecular weight is 405 g/mol. The topological polar surface area (TPSA) is 0 Å². The number of rotatable bonds is 8. The van der Waals surface area contributed by atoms with E-state index in [1.807, 2.05) is 0 Å². The van der Waals surface area contributed by atoms with E-state index in [0.717, 1.165) is 12.3 Å². The maximum atomic E-state index is 2.40. The molecular formula is C31H32. The third-order valence-corrected chi connectivity index (χ3v) is 7.05. The number of hydrogen-bond acceptors (Lipinski definition) is 0. The molecule has 0 heterocycles. The normalized spacial score (nSPS) is 15.6. The zero-order valence-corrected chi connectivity index (χ0v) is 18.4. The number of allylic oxidation sites excluding steroid dienone is 4. The molecule has 2 aliphatic rings. The maximum absolute atomic E-state index is 2.40. The van der Waals surface area contributed by atoms with Gasteiger partial charge in [-0.2, -0.15) is 0 Å². The lowest BCUT2D eigenvalue weighted by molar-refractivity contribution is 0.492. The fraction of sp³-hybridized carbons (Fsp3) is 0.290. The summed E-state index contributed by atoms with van der Waals surface area (Å²) < 4.78 is 0. The van der Waals surface area contributed by atoms with Crippen LogP contribution in [0.25, 0.3) is 11.1 Å². The highest BCUT2D eigenvalue weighted by Crippen LogP contribution is 2.32. The molecule has 156 valence electrons. The monoisotopic (exact) mass is 404 g/mol. The minimum atomic E-state index is 0.866. The molecule has 0 saturated heterocycles. The van der Waals surface area contributed by atoms with Gasteiger partial charge in [0.15, 0.2) is 0 Å². The van der Waals surface area contributed by atoms with Crippen molar-refractivity contribution in [2.45, 2.75) is 51.4 Å². The van der Waals surface area contributed by atoms with E-state index in [1.165, 1.54) is 61.6 Å². The highest BCUT2D eigenvalue weighted by atomic mass is 14.3. The van der Waals surface area contributed by atoms with E-state index < -0.39 is 0 Å². The molecule has 0 heteroatoms. The minimum Gasteiger partial charge on any atom is -0.0662 e. The molecule has 31 heavy (non-hydrogen) atoms. The molecule has 0 N–H and O–H groups in total. The SMILES string of the molecule is C1=C(CCCC2Cc3ccccc3C2)CC(CCc2ccc(-c3ccccc3)cc2)=C1. The van der Waals surface area contributed by atoms with Crippen LogP contribution < -0.4 is 0 Å². The first-order chi connectivity index (χ1) is 15.3. The number of fused-ring (bicyclic) bond motifs is 1. The molecular weight excluding hydrogens is 372 g/mol. The second kappa shape index (κ2) is 9.52. The third-order valence-electron chi connectivity index (χ3n) is 7.05. The molecule has 0 spiro atoms. The second-order valence-corrected chi connectivity index (χ2v) is 9.32. The first-order valence-corrected chi connectivity index (χ1v) is 11.9. The van der Waals surface area contributed by atoms with Crippen LogP contribution in [0.3, 0.4) is 0 Å². The van der Waals surface area contributed by atoms with Gasteiger partial charge in [-0.05, 0) is 85.1 Å². The van der Waals surface area contributed by atoms with E-state index in [9.17, 15) is 0 Å². The summed E-state index contributed by atoms with van der Waals surface area (Å²) in [7, 11) is 0. The van der Waals surface area contributed by atoms with Gasteiger partial charge in [-0.15, -0.1) is 0 Å². The standard InChI is InChI=1S/C31H32/c1-2-9-28(10-3-1)29-19-17-24(18-20-29)13-14-26-16-15-25(21-26)7-6-8-27-22-30-11-4-5-12-31(30)23-27/h1-5,9-12,15-20,27H,6-8,13-14,21-23H2. The number of benzene rings is 3. The Morgan fingerprint density at radius 1 is 0.581 bits per heavy atom. The molecule has 3 aromatic carbocycles. The van der Waals surface area contributed by atoms with Crippen molar-refractivity contribution in [1.82, 2.24) is 0 Å². The van der Waals surface area contributed by atoms with Crippen molar-refractivity contribution in [1.29, 1.82) is 0 Å². The first kappa shape index (κ1) is 20.1. The molecule has 0 amide bonds. The van der Waals surface area contributed by atoms with Gasteiger partial charge in [0.2, 0.25) is 0 Å². The lowest BCUT2D eigenvalue weighted by Gasteiger charge is -2.10. The smallest absolute Gasteiger partial charge is 0.0102 e. The van der Waals surface area contributed by atoms with Crippen molar-refractivity contribution in [2.24, 2.45) is 5.92 Å². The lowest BCUT2D eigenvalue weighted by atomic mass is 9.95. The fourth-order valence-electron chi connectivity index (χ4n) is 5.26. The Hall–Kier alpha value is -2.86. The van der Waals surface area contributed by atoms with Crippen molar-refractivity contribution in [2.75, 3.05) is 0 Å². The van der Waals surface area contributed by atoms with Gasteiger partial charge in [0, 0.05) is 0 Å². The molecule has 0 radical (unpaired) electrons. The van der Waals surface area contributed by atoms with Crippen molar-refractivity contribution >= 4 is 0 Å². The van der Waals surface area contributed by atoms with Crippen molar-refractivity contribution in [3.63, 3.8) is 0 Å². The van der Waals surface area contributed by atoms with E-state index in [0.29, 0.717) is 0 Å². The van der Waals surface area contributed by atoms with Gasteiger partial charge in [-0.25, -0.2) is 0 Å². The summed E-state index contributed by atoms with van der Waals surface area (Å²) in [6, 6.07) is 28.8. The zero-order chi connectivity index (χ0) is 20.9. The van der Waals surface area contributed by atoms with Gasteiger partial charge in [0.25, 0.3) is 0 Å². The van der Waals surface area contributed by atoms with Gasteiger partial charge >= 0.3 is 0 Å². The molecule has 2 aliphatic carbocycles. The van der Waals surface area contributed by atoms with Crippen LogP contribution in [0.5, 0.6) is 0 Å². The maximum Gasteiger partial charge on any atom is -0.0102 e. The molecule has 5 rings (SSSR count). The van der Waals surface area contributed by atoms with E-state index in [2.05, 4.69) is 91.0 Å². The van der Waals surface area contributed by atoms with Crippen LogP contribution in [0, 0.1) is 5.92 Å². The Labute approximate surface area is 187 Å². The van der Waals surface area contributed by atoms with Gasteiger partial charge in [0.05, 0.1) is 0 Å². The van der Waals surface area contributed by atoms with Gasteiger partial charge < -0.3 is 0 Å². The van der Waals surface area contributed by atoms with Crippen LogP contribution in [0.4, 0.5) is 0 Å². The largest absolute Gasteiger partial charge is 0.0662 e. The lowest BCUT2D eigenvalue weighted by Crippen LogP contribution is -1.99. The molecule has 0 nitrogen and oxygen atoms in total. The predicted molar refractivity (Wildman–Crippen MR) is 132 cm³/mol. The number of hydrogen-bond donors (Lipinski definition) is 0. The fourth-order valence-corrected chi connectivity index (χ4v) is 5.26. The molecule has 0 unspecified atom stereocenters. The highest BCUT2D eigenvalue weighted by molar-refractivity contribution is 5.63. The number of aryl methyl sites for hydroxylation is 1. The molecule has 0 fully saturated rings. The quantitative estimate of drug-likeness (QED) is 0.355. The first-order valence-electron chi connectivity index (χ1n) is 11.9. The van der Waals surface area contributed by atoms with Crippen LogP contribution in [0.1, 0.15) is 48.8 Å². The molecule has 0 aromatic heterocycles. The summed E-state index contributed by atoms with van der Waals surface area (Å²) >= 11 is 0. The van der Waals surface area contributed by atoms with E-state index in [4.69, 9.17) is 0 Å². The van der Waals surface area contributed by atoms with Gasteiger partial charge in [0.1, 0.15) is 0 Å². The van der Waals surface area contributed by atoms with Gasteiger partial charge in [-0.1, -0.05) is 102 Å². The summed E-state index contributed by atoms with van der Waals surface area (Å²) in [4.78, 5) is 0. The van der Waals surface area contributed by atoms with Crippen LogP contribution in [0.2, 0.25) is 0 Å². The average Bonchev–Trinajstić information content (AvgIpc) is 3.45. The summed E-state index contributed by atoms with van der Waals surface area (Å²) in [6.07, 6.45) is 14.9. The van der Waals surface area contributed by atoms with E-state index in [-0.39, 0.29) is 0 Å². The zero-order valence-electron chi connectivity index (χ0n) is 18.4. The molecule has 0 saturated carbocycles. The van der Waals surface area contributed by atoms with E-state index in [1.54, 1.807) is 22.3 Å². The van der Waals surface area contributed by atoms with Crippen LogP contribution in [-0.2, 0) is 19.3 Å². The Balaban J connectivity index is 1.02. The van der Waals surface area contributed by atoms with Crippen molar-refractivity contribution < 1.29 is 0 Å². The van der Waals surface area contributed by atoms with Gasteiger partial charge in [-0.3, -0.25) is 0 Å². The molecule has 0 bridgehead atoms. The Kier molecular flexibility index (Phi) is 6.16. The van der Waals surface area contributed by atoms with E-state index >= 15 is 0 Å². The summed E-state index contributed by atoms with van der Waals surface area (Å²) in [6.45, 7) is 0. The third kappa shape index (κ3) is 5.07. The summed E-state index contributed by atoms with van der Waals surface area (Å²) in [5.41, 5.74) is 10.5. The van der Waals surface area contributed by atoms with Crippen molar-refractivity contribution in [3.8, 4) is 11.1 Å².